The van der Waals surface area contributed by atoms with E-state index in [1.165, 1.54) is 30.6 Å². The molecular weight excluding hydrogens is 286 g/mol. The standard InChI is InChI=1S/C15H25N3O2S/c1-3-20-15(19)14-17-13(11-21-14)10-18-8-5-12(6-9-18)4-7-16-2/h11-12,16H,3-10H2,1-2H3. The Morgan fingerprint density at radius 1 is 1.52 bits per heavy atom. The van der Waals surface area contributed by atoms with Gasteiger partial charge in [0.05, 0.1) is 12.3 Å². The van der Waals surface area contributed by atoms with Gasteiger partial charge in [-0.1, -0.05) is 0 Å². The van der Waals surface area contributed by atoms with E-state index < -0.39 is 0 Å². The minimum atomic E-state index is -0.306. The second-order valence-electron chi connectivity index (χ2n) is 5.48. The maximum Gasteiger partial charge on any atom is 0.367 e. The molecule has 1 fully saturated rings. The third-order valence-electron chi connectivity index (χ3n) is 3.90. The summed E-state index contributed by atoms with van der Waals surface area (Å²) in [5.41, 5.74) is 0.983. The van der Waals surface area contributed by atoms with Crippen LogP contribution in [0.15, 0.2) is 5.38 Å². The van der Waals surface area contributed by atoms with Gasteiger partial charge >= 0.3 is 5.97 Å². The number of nitrogens with zero attached hydrogens (tertiary/aromatic N) is 2. The molecule has 0 amide bonds. The van der Waals surface area contributed by atoms with E-state index in [9.17, 15) is 4.79 Å². The first kappa shape index (κ1) is 16.4. The third kappa shape index (κ3) is 5.05. The highest BCUT2D eigenvalue weighted by molar-refractivity contribution is 7.11. The van der Waals surface area contributed by atoms with Crippen LogP contribution in [0.1, 0.15) is 41.7 Å². The molecule has 0 atom stereocenters. The number of thiazole rings is 1. The van der Waals surface area contributed by atoms with Crippen molar-refractivity contribution in [2.45, 2.75) is 32.7 Å². The molecule has 0 aliphatic carbocycles. The summed E-state index contributed by atoms with van der Waals surface area (Å²) in [4.78, 5) is 18.4. The molecule has 1 aromatic rings. The summed E-state index contributed by atoms with van der Waals surface area (Å²) in [5, 5.41) is 5.66. The zero-order chi connectivity index (χ0) is 15.1. The molecule has 1 aliphatic heterocycles. The average molecular weight is 311 g/mol. The molecule has 0 spiro atoms. The second-order valence-corrected chi connectivity index (χ2v) is 6.33. The molecule has 0 bridgehead atoms. The maximum absolute atomic E-state index is 11.6. The van der Waals surface area contributed by atoms with Crippen molar-refractivity contribution in [2.75, 3.05) is 33.3 Å². The summed E-state index contributed by atoms with van der Waals surface area (Å²) >= 11 is 1.38. The molecule has 1 saturated heterocycles. The monoisotopic (exact) mass is 311 g/mol. The van der Waals surface area contributed by atoms with Crippen molar-refractivity contribution in [1.29, 1.82) is 0 Å². The topological polar surface area (TPSA) is 54.5 Å². The number of hydrogen-bond acceptors (Lipinski definition) is 6. The fourth-order valence-electron chi connectivity index (χ4n) is 2.68. The number of rotatable bonds is 7. The maximum atomic E-state index is 11.6. The molecule has 1 N–H and O–H groups in total. The van der Waals surface area contributed by atoms with Crippen LogP contribution in [0.3, 0.4) is 0 Å². The Morgan fingerprint density at radius 2 is 2.29 bits per heavy atom. The Labute approximate surface area is 130 Å². The summed E-state index contributed by atoms with van der Waals surface area (Å²) in [5.74, 6) is 0.541. The quantitative estimate of drug-likeness (QED) is 0.782. The number of piperidine rings is 1. The lowest BCUT2D eigenvalue weighted by molar-refractivity contribution is 0.0525. The van der Waals surface area contributed by atoms with E-state index in [2.05, 4.69) is 15.2 Å². The van der Waals surface area contributed by atoms with Gasteiger partial charge < -0.3 is 10.1 Å². The van der Waals surface area contributed by atoms with Crippen LogP contribution in [0.5, 0.6) is 0 Å². The molecular formula is C15H25N3O2S. The predicted molar refractivity (Wildman–Crippen MR) is 84.6 cm³/mol. The molecule has 0 saturated carbocycles. The molecule has 2 rings (SSSR count). The van der Waals surface area contributed by atoms with Gasteiger partial charge in [0, 0.05) is 11.9 Å². The molecule has 6 heteroatoms. The number of esters is 1. The number of carbonyl (C=O) groups excluding carboxylic acids is 1. The highest BCUT2D eigenvalue weighted by Crippen LogP contribution is 2.22. The first-order chi connectivity index (χ1) is 10.2. The van der Waals surface area contributed by atoms with Crippen LogP contribution in [0, 0.1) is 5.92 Å². The summed E-state index contributed by atoms with van der Waals surface area (Å²) < 4.78 is 4.97. The summed E-state index contributed by atoms with van der Waals surface area (Å²) in [6.07, 6.45) is 3.79. The van der Waals surface area contributed by atoms with E-state index in [-0.39, 0.29) is 5.97 Å². The smallest absolute Gasteiger partial charge is 0.367 e. The Bertz CT molecular complexity index is 442. The van der Waals surface area contributed by atoms with E-state index in [1.807, 2.05) is 19.4 Å². The van der Waals surface area contributed by atoms with Gasteiger partial charge in [-0.05, 0) is 58.8 Å². The van der Waals surface area contributed by atoms with E-state index in [0.29, 0.717) is 11.6 Å². The van der Waals surface area contributed by atoms with Gasteiger partial charge in [0.15, 0.2) is 0 Å². The van der Waals surface area contributed by atoms with Crippen LogP contribution in [0.25, 0.3) is 0 Å². The van der Waals surface area contributed by atoms with E-state index in [4.69, 9.17) is 4.74 Å². The van der Waals surface area contributed by atoms with Crippen LogP contribution in [-0.2, 0) is 11.3 Å². The normalized spacial score (nSPS) is 17.0. The van der Waals surface area contributed by atoms with E-state index in [0.717, 1.165) is 37.8 Å². The second kappa shape index (κ2) is 8.46. The molecule has 1 aliphatic rings. The lowest BCUT2D eigenvalue weighted by Crippen LogP contribution is -2.34. The van der Waals surface area contributed by atoms with Crippen LogP contribution in [0.4, 0.5) is 0 Å². The Morgan fingerprint density at radius 3 is 2.95 bits per heavy atom. The van der Waals surface area contributed by atoms with Crippen LogP contribution < -0.4 is 5.32 Å². The highest BCUT2D eigenvalue weighted by atomic mass is 32.1. The number of likely N-dealkylation sites (tertiary alicyclic amines) is 1. The molecule has 0 radical (unpaired) electrons. The SMILES string of the molecule is CCOC(=O)c1nc(CN2CCC(CCNC)CC2)cs1. The lowest BCUT2D eigenvalue weighted by Gasteiger charge is -2.31. The number of carbonyl (C=O) groups is 1. The first-order valence-electron chi connectivity index (χ1n) is 7.71. The molecule has 118 valence electrons. The fourth-order valence-corrected chi connectivity index (χ4v) is 3.38. The minimum absolute atomic E-state index is 0.306. The highest BCUT2D eigenvalue weighted by Gasteiger charge is 2.20. The summed E-state index contributed by atoms with van der Waals surface area (Å²) in [6.45, 7) is 6.41. The van der Waals surface area contributed by atoms with Gasteiger partial charge in [-0.25, -0.2) is 9.78 Å². The van der Waals surface area contributed by atoms with Crippen LogP contribution >= 0.6 is 11.3 Å². The minimum Gasteiger partial charge on any atom is -0.461 e. The van der Waals surface area contributed by atoms with Crippen molar-refractivity contribution in [3.05, 3.63) is 16.1 Å². The summed E-state index contributed by atoms with van der Waals surface area (Å²) in [7, 11) is 2.01. The Kier molecular flexibility index (Phi) is 6.60. The molecule has 0 unspecified atom stereocenters. The van der Waals surface area contributed by atoms with Gasteiger partial charge in [-0.15, -0.1) is 11.3 Å². The number of nitrogens with one attached hydrogen (secondary N) is 1. The third-order valence-corrected chi connectivity index (χ3v) is 4.77. The Balaban J connectivity index is 1.77. The fraction of sp³-hybridized carbons (Fsp3) is 0.733. The van der Waals surface area contributed by atoms with Crippen molar-refractivity contribution >= 4 is 17.3 Å². The molecule has 21 heavy (non-hydrogen) atoms. The lowest BCUT2D eigenvalue weighted by atomic mass is 9.93. The Hall–Kier alpha value is -0.980. The van der Waals surface area contributed by atoms with Crippen molar-refractivity contribution < 1.29 is 9.53 Å². The summed E-state index contributed by atoms with van der Waals surface area (Å²) in [6, 6.07) is 0. The number of hydrogen-bond donors (Lipinski definition) is 1. The molecule has 0 aromatic carbocycles. The van der Waals surface area contributed by atoms with Gasteiger partial charge in [0.25, 0.3) is 0 Å². The number of aromatic nitrogens is 1. The molecule has 5 nitrogen and oxygen atoms in total. The molecule has 1 aromatic heterocycles. The van der Waals surface area contributed by atoms with Crippen molar-refractivity contribution in [3.8, 4) is 0 Å². The zero-order valence-corrected chi connectivity index (χ0v) is 13.7. The zero-order valence-electron chi connectivity index (χ0n) is 12.9. The first-order valence-corrected chi connectivity index (χ1v) is 8.59. The van der Waals surface area contributed by atoms with Gasteiger partial charge in [-0.3, -0.25) is 4.90 Å². The van der Waals surface area contributed by atoms with Crippen molar-refractivity contribution in [1.82, 2.24) is 15.2 Å². The van der Waals surface area contributed by atoms with E-state index in [1.54, 1.807) is 0 Å². The molecule has 2 heterocycles. The van der Waals surface area contributed by atoms with Gasteiger partial charge in [0.2, 0.25) is 5.01 Å². The number of ether oxygens (including phenoxy) is 1. The van der Waals surface area contributed by atoms with Gasteiger partial charge in [0.1, 0.15) is 0 Å². The van der Waals surface area contributed by atoms with Gasteiger partial charge in [-0.2, -0.15) is 0 Å². The van der Waals surface area contributed by atoms with Crippen LogP contribution in [-0.4, -0.2) is 49.1 Å². The van der Waals surface area contributed by atoms with Crippen LogP contribution in [0.2, 0.25) is 0 Å². The van der Waals surface area contributed by atoms with Crippen molar-refractivity contribution in [2.24, 2.45) is 5.92 Å². The largest absolute Gasteiger partial charge is 0.461 e. The average Bonchev–Trinajstić information content (AvgIpc) is 2.95. The predicted octanol–water partition coefficient (Wildman–Crippen LogP) is 2.14. The van der Waals surface area contributed by atoms with Crippen molar-refractivity contribution in [3.63, 3.8) is 0 Å². The van der Waals surface area contributed by atoms with E-state index >= 15 is 0 Å².